The molecule has 3 aromatic rings. The quantitative estimate of drug-likeness (QED) is 0.101. The Morgan fingerprint density at radius 1 is 0.891 bits per heavy atom. The number of hydrogen-bond acceptors (Lipinski definition) is 19. The highest BCUT2D eigenvalue weighted by molar-refractivity contribution is 6.31. The molecule has 1 saturated carbocycles. The standard InChI is InChI=1S/C44H50N2O18/c1-21-40-24(45-14-15-58-42(57-3)41(45)63-40)16-31(61-21)62-26-18-43(55,27(47)19-59-44(12-5-4-6-13-44)60-20-30(50)64-46-28(48)10-11-29(46)49)17-23-33(26)39(54)35-34(37(23)52)36(51)22-8-7-9-25(56-2)32(22)38(35)53/h7-11,21,24,26,31,40-42,48-49,52,54-55H,4-6,12-20H2,1-3H3/t21-,24?,26-,31-,40+,41+,42-,43-/m0/s1. The number of aliphatic hydroxyl groups is 1. The van der Waals surface area contributed by atoms with Crippen LogP contribution in [0.2, 0.25) is 0 Å². The molecule has 6 aliphatic rings. The predicted molar refractivity (Wildman–Crippen MR) is 214 cm³/mol. The summed E-state index contributed by atoms with van der Waals surface area (Å²) in [7, 11) is 2.86. The van der Waals surface area contributed by atoms with Gasteiger partial charge >= 0.3 is 5.97 Å². The molecule has 0 amide bonds. The lowest BCUT2D eigenvalue weighted by Gasteiger charge is -2.43. The van der Waals surface area contributed by atoms with E-state index >= 15 is 0 Å². The largest absolute Gasteiger partial charge is 0.507 e. The summed E-state index contributed by atoms with van der Waals surface area (Å²) >= 11 is 0. The Morgan fingerprint density at radius 3 is 2.33 bits per heavy atom. The summed E-state index contributed by atoms with van der Waals surface area (Å²) in [6, 6.07) is 6.39. The second kappa shape index (κ2) is 17.0. The van der Waals surface area contributed by atoms with Gasteiger partial charge in [-0.2, -0.15) is 0 Å². The van der Waals surface area contributed by atoms with Crippen LogP contribution >= 0.6 is 0 Å². The topological polar surface area (TPSA) is 261 Å². The number of rotatable bonds is 12. The Kier molecular flexibility index (Phi) is 11.7. The molecule has 64 heavy (non-hydrogen) atoms. The number of nitrogens with zero attached hydrogens (tertiary/aromatic N) is 2. The zero-order chi connectivity index (χ0) is 45.2. The Balaban J connectivity index is 1.02. The number of methoxy groups -OCH3 is 2. The van der Waals surface area contributed by atoms with Crippen molar-refractivity contribution in [3.8, 4) is 29.0 Å². The lowest BCUT2D eigenvalue weighted by molar-refractivity contribution is -0.258. The third-order valence-electron chi connectivity index (χ3n) is 13.2. The van der Waals surface area contributed by atoms with Crippen molar-refractivity contribution in [3.05, 3.63) is 63.7 Å². The number of Topliss-reactive ketones (excluding diaryl/α,β-unsaturated/α-hetero) is 1. The van der Waals surface area contributed by atoms with Gasteiger partial charge in [0.1, 0.15) is 35.6 Å². The summed E-state index contributed by atoms with van der Waals surface area (Å²) in [5.74, 6) is -7.28. The van der Waals surface area contributed by atoms with Crippen molar-refractivity contribution in [2.24, 2.45) is 0 Å². The van der Waals surface area contributed by atoms with Crippen LogP contribution in [0.25, 0.3) is 0 Å². The van der Waals surface area contributed by atoms with Crippen LogP contribution in [-0.2, 0) is 49.2 Å². The SMILES string of the molecule is COc1cccc2c1C(=O)c1c(O)c3c(c(O)c1C2=O)C[C@@](O)(C(=O)COC1(OCC(=O)On2c(O)ccc2O)CCCCC1)C[C@@H]3O[C@H]1CC2[C@H](O[C@@H]3[C@@H](OC)OCCN23)[C@H](C)O1. The van der Waals surface area contributed by atoms with Crippen molar-refractivity contribution >= 4 is 23.3 Å². The molecule has 344 valence electrons. The zero-order valence-electron chi connectivity index (χ0n) is 35.4. The lowest BCUT2D eigenvalue weighted by atomic mass is 9.72. The van der Waals surface area contributed by atoms with Gasteiger partial charge in [0, 0.05) is 80.6 Å². The van der Waals surface area contributed by atoms with Crippen molar-refractivity contribution < 1.29 is 87.4 Å². The summed E-state index contributed by atoms with van der Waals surface area (Å²) in [5.41, 5.74) is -3.83. The number of carbonyl (C=O) groups excluding carboxylic acids is 4. The predicted octanol–water partition coefficient (Wildman–Crippen LogP) is 2.28. The second-order valence-electron chi connectivity index (χ2n) is 17.0. The first-order chi connectivity index (χ1) is 30.7. The number of ether oxygens (including phenoxy) is 8. The number of ketones is 3. The van der Waals surface area contributed by atoms with Crippen LogP contribution in [0.15, 0.2) is 30.3 Å². The van der Waals surface area contributed by atoms with Gasteiger partial charge in [-0.25, -0.2) is 4.79 Å². The number of aromatic nitrogens is 1. The number of aromatic hydroxyl groups is 4. The smallest absolute Gasteiger partial charge is 0.358 e. The highest BCUT2D eigenvalue weighted by Gasteiger charge is 2.55. The lowest BCUT2D eigenvalue weighted by Crippen LogP contribution is -2.55. The number of fused-ring (bicyclic) bond motifs is 6. The summed E-state index contributed by atoms with van der Waals surface area (Å²) in [6.07, 6.45) is -2.86. The third kappa shape index (κ3) is 7.49. The van der Waals surface area contributed by atoms with Crippen molar-refractivity contribution in [2.75, 3.05) is 40.6 Å². The van der Waals surface area contributed by atoms with Crippen LogP contribution < -0.4 is 9.57 Å². The average molecular weight is 895 g/mol. The molecular weight excluding hydrogens is 844 g/mol. The van der Waals surface area contributed by atoms with Crippen LogP contribution in [0.4, 0.5) is 0 Å². The summed E-state index contributed by atoms with van der Waals surface area (Å²) < 4.78 is 48.6. The minimum atomic E-state index is -2.36. The van der Waals surface area contributed by atoms with E-state index in [0.29, 0.717) is 30.7 Å². The van der Waals surface area contributed by atoms with E-state index in [1.165, 1.54) is 32.4 Å². The molecule has 5 N–H and O–H groups in total. The van der Waals surface area contributed by atoms with E-state index in [1.54, 1.807) is 0 Å². The normalized spacial score (nSPS) is 29.5. The number of phenolic OH excluding ortho intramolecular Hbond substituents is 2. The molecule has 1 aromatic heterocycles. The van der Waals surface area contributed by atoms with E-state index in [-0.39, 0.29) is 53.3 Å². The number of hydrogen-bond donors (Lipinski definition) is 5. The molecule has 4 fully saturated rings. The molecular formula is C44H50N2O18. The zero-order valence-corrected chi connectivity index (χ0v) is 35.4. The van der Waals surface area contributed by atoms with Crippen molar-refractivity contribution in [2.45, 2.75) is 113 Å². The van der Waals surface area contributed by atoms with Gasteiger partial charge in [0.05, 0.1) is 42.6 Å². The minimum Gasteiger partial charge on any atom is -0.507 e. The number of phenols is 2. The Morgan fingerprint density at radius 2 is 1.61 bits per heavy atom. The summed E-state index contributed by atoms with van der Waals surface area (Å²) in [5, 5.41) is 56.4. The van der Waals surface area contributed by atoms with Crippen LogP contribution in [0.3, 0.4) is 0 Å². The number of benzene rings is 2. The van der Waals surface area contributed by atoms with E-state index < -0.39 is 132 Å². The molecule has 4 heterocycles. The van der Waals surface area contributed by atoms with E-state index in [0.717, 1.165) is 18.6 Å². The van der Waals surface area contributed by atoms with Gasteiger partial charge in [-0.1, -0.05) is 18.6 Å². The molecule has 9 rings (SSSR count). The van der Waals surface area contributed by atoms with E-state index in [1.807, 2.05) is 6.92 Å². The molecule has 0 spiro atoms. The van der Waals surface area contributed by atoms with Crippen molar-refractivity contribution in [1.82, 2.24) is 9.63 Å². The molecule has 0 bridgehead atoms. The molecule has 8 atom stereocenters. The average Bonchev–Trinajstić information content (AvgIpc) is 3.83. The summed E-state index contributed by atoms with van der Waals surface area (Å²) in [6.45, 7) is 1.29. The maximum absolute atomic E-state index is 14.4. The van der Waals surface area contributed by atoms with Gasteiger partial charge in [-0.3, -0.25) is 19.3 Å². The first-order valence-electron chi connectivity index (χ1n) is 21.3. The summed E-state index contributed by atoms with van der Waals surface area (Å²) in [4.78, 5) is 62.7. The highest BCUT2D eigenvalue weighted by atomic mass is 16.7. The van der Waals surface area contributed by atoms with E-state index in [9.17, 15) is 44.7 Å². The fraction of sp³-hybridized carbons (Fsp3) is 0.545. The maximum Gasteiger partial charge on any atom is 0.358 e. The van der Waals surface area contributed by atoms with Crippen molar-refractivity contribution in [3.63, 3.8) is 0 Å². The van der Waals surface area contributed by atoms with Crippen LogP contribution in [-0.4, -0.2) is 148 Å². The number of carbonyl (C=O) groups is 4. The van der Waals surface area contributed by atoms with Gasteiger partial charge < -0.3 is 68.3 Å². The van der Waals surface area contributed by atoms with Gasteiger partial charge in [-0.05, 0) is 25.8 Å². The molecule has 3 saturated heterocycles. The molecule has 3 aliphatic heterocycles. The van der Waals surface area contributed by atoms with Crippen LogP contribution in [0.5, 0.6) is 29.0 Å². The van der Waals surface area contributed by atoms with Crippen molar-refractivity contribution in [1.29, 1.82) is 0 Å². The highest BCUT2D eigenvalue weighted by Crippen LogP contribution is 2.53. The van der Waals surface area contributed by atoms with Crippen LogP contribution in [0.1, 0.15) is 101 Å². The maximum atomic E-state index is 14.4. The molecule has 20 heteroatoms. The Labute approximate surface area is 366 Å². The van der Waals surface area contributed by atoms with E-state index in [2.05, 4.69) is 4.90 Å². The fourth-order valence-electron chi connectivity index (χ4n) is 10.1. The van der Waals surface area contributed by atoms with Gasteiger partial charge in [0.2, 0.25) is 17.5 Å². The van der Waals surface area contributed by atoms with Gasteiger partial charge in [-0.15, -0.1) is 4.73 Å². The third-order valence-corrected chi connectivity index (χ3v) is 13.2. The number of morpholine rings is 1. The Hall–Kier alpha value is -5.16. The van der Waals surface area contributed by atoms with E-state index in [4.69, 9.17) is 42.7 Å². The van der Waals surface area contributed by atoms with Crippen LogP contribution in [0, 0.1) is 0 Å². The first kappa shape index (κ1) is 44.1. The fourth-order valence-corrected chi connectivity index (χ4v) is 10.1. The second-order valence-corrected chi connectivity index (χ2v) is 17.0. The Bertz CT molecular complexity index is 2340. The first-order valence-corrected chi connectivity index (χ1v) is 21.3. The molecule has 3 aliphatic carbocycles. The molecule has 2 aromatic carbocycles. The minimum absolute atomic E-state index is 0.0754. The molecule has 0 radical (unpaired) electrons. The van der Waals surface area contributed by atoms with Gasteiger partial charge in [0.15, 0.2) is 42.8 Å². The van der Waals surface area contributed by atoms with Gasteiger partial charge in [0.25, 0.3) is 0 Å². The monoisotopic (exact) mass is 894 g/mol. The molecule has 1 unspecified atom stereocenters. The molecule has 20 nitrogen and oxygen atoms in total.